The minimum atomic E-state index is -4.72. The zero-order valence-electron chi connectivity index (χ0n) is 7.75. The molecule has 16 heavy (non-hydrogen) atoms. The summed E-state index contributed by atoms with van der Waals surface area (Å²) < 4.78 is 42.3. The molecular formula is C10H6BrF3O2. The van der Waals surface area contributed by atoms with Gasteiger partial charge in [-0.2, -0.15) is 13.2 Å². The second kappa shape index (κ2) is 3.78. The van der Waals surface area contributed by atoms with E-state index in [1.807, 2.05) is 0 Å². The molecule has 0 saturated carbocycles. The number of benzene rings is 1. The van der Waals surface area contributed by atoms with Crippen LogP contribution >= 0.6 is 15.9 Å². The Kier molecular flexibility index (Phi) is 2.71. The zero-order chi connectivity index (χ0) is 11.9. The number of halogens is 4. The molecule has 0 saturated heterocycles. The van der Waals surface area contributed by atoms with Gasteiger partial charge in [-0.3, -0.25) is 0 Å². The van der Waals surface area contributed by atoms with Crippen LogP contribution in [0.3, 0.4) is 0 Å². The van der Waals surface area contributed by atoms with Crippen molar-refractivity contribution < 1.29 is 22.7 Å². The van der Waals surface area contributed by atoms with Gasteiger partial charge in [0.1, 0.15) is 11.3 Å². The lowest BCUT2D eigenvalue weighted by molar-refractivity contribution is -0.211. The lowest BCUT2D eigenvalue weighted by atomic mass is 10.2. The molecule has 6 heteroatoms. The first kappa shape index (κ1) is 11.5. The SMILES string of the molecule is OC(c1cc2cc(Br)ccc2o1)C(F)(F)F. The van der Waals surface area contributed by atoms with Gasteiger partial charge < -0.3 is 9.52 Å². The standard InChI is InChI=1S/C10H6BrF3O2/c11-6-1-2-7-5(3-6)4-8(16-7)9(15)10(12,13)14/h1-4,9,15H. The fraction of sp³-hybridized carbons (Fsp3) is 0.200. The molecular weight excluding hydrogens is 289 g/mol. The van der Waals surface area contributed by atoms with E-state index in [2.05, 4.69) is 15.9 Å². The van der Waals surface area contributed by atoms with Crippen molar-refractivity contribution in [3.63, 3.8) is 0 Å². The summed E-state index contributed by atoms with van der Waals surface area (Å²) in [5.74, 6) is -0.499. The van der Waals surface area contributed by atoms with Crippen molar-refractivity contribution in [3.8, 4) is 0 Å². The van der Waals surface area contributed by atoms with E-state index in [0.29, 0.717) is 11.0 Å². The van der Waals surface area contributed by atoms with Gasteiger partial charge in [-0.25, -0.2) is 0 Å². The second-order valence-corrected chi connectivity index (χ2v) is 4.19. The van der Waals surface area contributed by atoms with Crippen molar-refractivity contribution in [2.24, 2.45) is 0 Å². The van der Waals surface area contributed by atoms with Gasteiger partial charge >= 0.3 is 6.18 Å². The van der Waals surface area contributed by atoms with Gasteiger partial charge in [0, 0.05) is 9.86 Å². The lowest BCUT2D eigenvalue weighted by Gasteiger charge is -2.10. The molecule has 0 fully saturated rings. The summed E-state index contributed by atoms with van der Waals surface area (Å²) >= 11 is 3.19. The van der Waals surface area contributed by atoms with Crippen LogP contribution in [0.25, 0.3) is 11.0 Å². The van der Waals surface area contributed by atoms with Crippen LogP contribution in [0.4, 0.5) is 13.2 Å². The molecule has 0 bridgehead atoms. The van der Waals surface area contributed by atoms with Gasteiger partial charge in [0.2, 0.25) is 6.10 Å². The molecule has 0 amide bonds. The predicted molar refractivity (Wildman–Crippen MR) is 54.9 cm³/mol. The third-order valence-electron chi connectivity index (χ3n) is 2.08. The summed E-state index contributed by atoms with van der Waals surface area (Å²) in [4.78, 5) is 0. The Morgan fingerprint density at radius 2 is 1.94 bits per heavy atom. The summed E-state index contributed by atoms with van der Waals surface area (Å²) in [6, 6.07) is 5.98. The maximum atomic E-state index is 12.2. The van der Waals surface area contributed by atoms with Crippen LogP contribution in [-0.2, 0) is 0 Å². The van der Waals surface area contributed by atoms with Crippen LogP contribution in [0.5, 0.6) is 0 Å². The molecule has 0 aliphatic rings. The highest BCUT2D eigenvalue weighted by atomic mass is 79.9. The molecule has 0 aliphatic heterocycles. The van der Waals surface area contributed by atoms with Crippen molar-refractivity contribution in [1.82, 2.24) is 0 Å². The third kappa shape index (κ3) is 2.08. The Hall–Kier alpha value is -1.01. The molecule has 2 nitrogen and oxygen atoms in total. The van der Waals surface area contributed by atoms with E-state index in [1.165, 1.54) is 12.1 Å². The number of fused-ring (bicyclic) bond motifs is 1. The van der Waals surface area contributed by atoms with E-state index in [0.717, 1.165) is 4.47 Å². The third-order valence-corrected chi connectivity index (χ3v) is 2.57. The molecule has 1 unspecified atom stereocenters. The van der Waals surface area contributed by atoms with Gasteiger partial charge in [0.15, 0.2) is 0 Å². The molecule has 2 rings (SSSR count). The number of aliphatic hydroxyl groups excluding tert-OH is 1. The van der Waals surface area contributed by atoms with Crippen LogP contribution in [0.15, 0.2) is 33.2 Å². The number of rotatable bonds is 1. The van der Waals surface area contributed by atoms with Gasteiger partial charge in [-0.1, -0.05) is 15.9 Å². The first-order chi connectivity index (χ1) is 7.38. The van der Waals surface area contributed by atoms with Crippen molar-refractivity contribution in [3.05, 3.63) is 34.5 Å². The molecule has 1 heterocycles. The number of alkyl halides is 3. The molecule has 1 N–H and O–H groups in total. The molecule has 0 aliphatic carbocycles. The average Bonchev–Trinajstić information content (AvgIpc) is 2.57. The Bertz CT molecular complexity index is 518. The highest BCUT2D eigenvalue weighted by molar-refractivity contribution is 9.10. The minimum absolute atomic E-state index is 0.307. The first-order valence-electron chi connectivity index (χ1n) is 4.32. The maximum absolute atomic E-state index is 12.2. The van der Waals surface area contributed by atoms with Crippen LogP contribution in [0, 0.1) is 0 Å². The van der Waals surface area contributed by atoms with Crippen LogP contribution in [0.2, 0.25) is 0 Å². The Balaban J connectivity index is 2.47. The summed E-state index contributed by atoms with van der Waals surface area (Å²) in [6.07, 6.45) is -7.30. The summed E-state index contributed by atoms with van der Waals surface area (Å²) in [6.45, 7) is 0. The summed E-state index contributed by atoms with van der Waals surface area (Å²) in [7, 11) is 0. The van der Waals surface area contributed by atoms with Gasteiger partial charge in [0.25, 0.3) is 0 Å². The predicted octanol–water partition coefficient (Wildman–Crippen LogP) is 3.79. The van der Waals surface area contributed by atoms with Crippen molar-refractivity contribution in [1.29, 1.82) is 0 Å². The van der Waals surface area contributed by atoms with E-state index in [9.17, 15) is 13.2 Å². The maximum Gasteiger partial charge on any atom is 0.421 e. The largest absolute Gasteiger partial charge is 0.458 e. The van der Waals surface area contributed by atoms with Crippen molar-refractivity contribution in [2.45, 2.75) is 12.3 Å². The Labute approximate surface area is 96.8 Å². The number of furan rings is 1. The smallest absolute Gasteiger partial charge is 0.421 e. The van der Waals surface area contributed by atoms with Crippen molar-refractivity contribution >= 4 is 26.9 Å². The number of aliphatic hydroxyl groups is 1. The van der Waals surface area contributed by atoms with E-state index in [-0.39, 0.29) is 0 Å². The van der Waals surface area contributed by atoms with Gasteiger partial charge in [-0.05, 0) is 24.3 Å². The molecule has 0 spiro atoms. The second-order valence-electron chi connectivity index (χ2n) is 3.28. The van der Waals surface area contributed by atoms with E-state index >= 15 is 0 Å². The zero-order valence-corrected chi connectivity index (χ0v) is 9.34. The van der Waals surface area contributed by atoms with Crippen LogP contribution in [0.1, 0.15) is 11.9 Å². The van der Waals surface area contributed by atoms with Crippen LogP contribution in [-0.4, -0.2) is 11.3 Å². The molecule has 2 aromatic rings. The Morgan fingerprint density at radius 3 is 2.56 bits per heavy atom. The molecule has 1 atom stereocenters. The summed E-state index contributed by atoms with van der Waals surface area (Å²) in [5, 5.41) is 9.50. The van der Waals surface area contributed by atoms with E-state index in [4.69, 9.17) is 9.52 Å². The fourth-order valence-corrected chi connectivity index (χ4v) is 1.71. The molecule has 1 aromatic carbocycles. The Morgan fingerprint density at radius 1 is 1.25 bits per heavy atom. The van der Waals surface area contributed by atoms with E-state index in [1.54, 1.807) is 12.1 Å². The normalized spacial score (nSPS) is 14.3. The topological polar surface area (TPSA) is 33.4 Å². The minimum Gasteiger partial charge on any atom is -0.458 e. The fourth-order valence-electron chi connectivity index (χ4n) is 1.33. The van der Waals surface area contributed by atoms with Gasteiger partial charge in [0.05, 0.1) is 0 Å². The monoisotopic (exact) mass is 294 g/mol. The molecule has 0 radical (unpaired) electrons. The molecule has 1 aromatic heterocycles. The highest BCUT2D eigenvalue weighted by Gasteiger charge is 2.41. The van der Waals surface area contributed by atoms with Crippen LogP contribution < -0.4 is 0 Å². The highest BCUT2D eigenvalue weighted by Crippen LogP contribution is 2.35. The van der Waals surface area contributed by atoms with Crippen molar-refractivity contribution in [2.75, 3.05) is 0 Å². The quantitative estimate of drug-likeness (QED) is 0.868. The van der Waals surface area contributed by atoms with Gasteiger partial charge in [-0.15, -0.1) is 0 Å². The summed E-state index contributed by atoms with van der Waals surface area (Å²) in [5.41, 5.74) is 0.307. The lowest BCUT2D eigenvalue weighted by Crippen LogP contribution is -2.19. The first-order valence-corrected chi connectivity index (χ1v) is 5.11. The van der Waals surface area contributed by atoms with E-state index < -0.39 is 18.0 Å². The average molecular weight is 295 g/mol. The number of hydrogen-bond acceptors (Lipinski definition) is 2. The number of hydrogen-bond donors (Lipinski definition) is 1. The molecule has 86 valence electrons.